The van der Waals surface area contributed by atoms with Crippen LogP contribution in [0.5, 0.6) is 0 Å². The zero-order chi connectivity index (χ0) is 12.8. The number of nitrogens with one attached hydrogen (secondary N) is 2. The first-order valence-corrected chi connectivity index (χ1v) is 8.62. The van der Waals surface area contributed by atoms with Gasteiger partial charge in [-0.2, -0.15) is 11.8 Å². The summed E-state index contributed by atoms with van der Waals surface area (Å²) in [5.74, 6) is 0.189. The van der Waals surface area contributed by atoms with Crippen LogP contribution in [0.1, 0.15) is 51.4 Å². The third kappa shape index (κ3) is 4.47. The summed E-state index contributed by atoms with van der Waals surface area (Å²) in [6.07, 6.45) is 12.1. The predicted octanol–water partition coefficient (Wildman–Crippen LogP) is 2.31. The third-order valence-corrected chi connectivity index (χ3v) is 5.42. The van der Waals surface area contributed by atoms with Gasteiger partial charge in [-0.1, -0.05) is 12.8 Å². The Bertz CT molecular complexity index is 259. The summed E-state index contributed by atoms with van der Waals surface area (Å²) in [5.41, 5.74) is 0. The molecule has 1 amide bonds. The normalized spacial score (nSPS) is 29.4. The second-order valence-electron chi connectivity index (χ2n) is 5.64. The molecule has 0 spiro atoms. The molecule has 0 atom stereocenters. The third-order valence-electron chi connectivity index (χ3n) is 4.28. The van der Waals surface area contributed by atoms with E-state index in [0.717, 1.165) is 18.1 Å². The van der Waals surface area contributed by atoms with Gasteiger partial charge in [0.1, 0.15) is 0 Å². The summed E-state index contributed by atoms with van der Waals surface area (Å²) in [7, 11) is 0. The zero-order valence-electron chi connectivity index (χ0n) is 11.4. The lowest BCUT2D eigenvalue weighted by molar-refractivity contribution is -0.121. The van der Waals surface area contributed by atoms with Gasteiger partial charge in [-0.25, -0.2) is 0 Å². The van der Waals surface area contributed by atoms with E-state index < -0.39 is 0 Å². The average molecular weight is 270 g/mol. The van der Waals surface area contributed by atoms with E-state index in [1.165, 1.54) is 38.5 Å². The monoisotopic (exact) mass is 270 g/mol. The molecule has 2 aliphatic carbocycles. The molecule has 0 unspecified atom stereocenters. The molecule has 0 aromatic heterocycles. The highest BCUT2D eigenvalue weighted by atomic mass is 32.2. The Morgan fingerprint density at radius 2 is 1.72 bits per heavy atom. The fourth-order valence-electron chi connectivity index (χ4n) is 3.09. The molecule has 2 N–H and O–H groups in total. The minimum atomic E-state index is 0.189. The van der Waals surface area contributed by atoms with Gasteiger partial charge < -0.3 is 10.6 Å². The van der Waals surface area contributed by atoms with E-state index in [-0.39, 0.29) is 5.91 Å². The zero-order valence-corrected chi connectivity index (χ0v) is 12.2. The van der Waals surface area contributed by atoms with Crippen molar-refractivity contribution >= 4 is 17.7 Å². The molecule has 0 saturated heterocycles. The quantitative estimate of drug-likeness (QED) is 0.805. The lowest BCUT2D eigenvalue weighted by atomic mass is 9.95. The Labute approximate surface area is 115 Å². The lowest BCUT2D eigenvalue weighted by Crippen LogP contribution is -2.44. The molecular weight excluding hydrogens is 244 g/mol. The number of amides is 1. The highest BCUT2D eigenvalue weighted by Crippen LogP contribution is 2.26. The van der Waals surface area contributed by atoms with Gasteiger partial charge >= 0.3 is 0 Å². The highest BCUT2D eigenvalue weighted by Gasteiger charge is 2.22. The van der Waals surface area contributed by atoms with Gasteiger partial charge in [0.15, 0.2) is 0 Å². The molecule has 4 heteroatoms. The minimum Gasteiger partial charge on any atom is -0.352 e. The summed E-state index contributed by atoms with van der Waals surface area (Å²) in [6.45, 7) is 0.507. The van der Waals surface area contributed by atoms with Crippen LogP contribution in [0.15, 0.2) is 0 Å². The van der Waals surface area contributed by atoms with E-state index >= 15 is 0 Å². The van der Waals surface area contributed by atoms with Crippen LogP contribution in [0.25, 0.3) is 0 Å². The Balaban J connectivity index is 1.59. The number of carbonyl (C=O) groups excluding carboxylic acids is 1. The molecule has 0 bridgehead atoms. The Kier molecular flexibility index (Phi) is 5.83. The topological polar surface area (TPSA) is 41.1 Å². The van der Waals surface area contributed by atoms with E-state index in [1.807, 2.05) is 11.8 Å². The van der Waals surface area contributed by atoms with Crippen LogP contribution in [-0.4, -0.2) is 36.0 Å². The van der Waals surface area contributed by atoms with E-state index in [9.17, 15) is 4.79 Å². The van der Waals surface area contributed by atoms with Crippen LogP contribution in [0.4, 0.5) is 0 Å². The fraction of sp³-hybridized carbons (Fsp3) is 0.929. The Hall–Kier alpha value is -0.220. The molecular formula is C14H26N2OS. The van der Waals surface area contributed by atoms with Gasteiger partial charge in [-0.15, -0.1) is 0 Å². The minimum absolute atomic E-state index is 0.189. The van der Waals surface area contributed by atoms with Crippen molar-refractivity contribution in [3.8, 4) is 0 Å². The Morgan fingerprint density at radius 3 is 2.33 bits per heavy atom. The van der Waals surface area contributed by atoms with Crippen LogP contribution >= 0.6 is 11.8 Å². The average Bonchev–Trinajstić information content (AvgIpc) is 2.90. The number of thioether (sulfide) groups is 1. The molecule has 0 aromatic carbocycles. The fourth-order valence-corrected chi connectivity index (χ4v) is 3.83. The van der Waals surface area contributed by atoms with Gasteiger partial charge in [0.05, 0.1) is 6.54 Å². The molecule has 0 aliphatic heterocycles. The van der Waals surface area contributed by atoms with Crippen molar-refractivity contribution in [1.82, 2.24) is 10.6 Å². The number of hydrogen-bond acceptors (Lipinski definition) is 3. The van der Waals surface area contributed by atoms with Gasteiger partial charge in [-0.05, 0) is 44.8 Å². The summed E-state index contributed by atoms with van der Waals surface area (Å²) in [4.78, 5) is 11.8. The van der Waals surface area contributed by atoms with Crippen molar-refractivity contribution in [2.75, 3.05) is 12.8 Å². The van der Waals surface area contributed by atoms with E-state index in [1.54, 1.807) is 0 Å². The second kappa shape index (κ2) is 7.39. The molecule has 104 valence electrons. The smallest absolute Gasteiger partial charge is 0.234 e. The first kappa shape index (κ1) is 14.2. The summed E-state index contributed by atoms with van der Waals surface area (Å²) in [6, 6.07) is 1.01. The van der Waals surface area contributed by atoms with Crippen LogP contribution in [-0.2, 0) is 4.79 Å². The van der Waals surface area contributed by atoms with Crippen LogP contribution in [0.3, 0.4) is 0 Å². The summed E-state index contributed by atoms with van der Waals surface area (Å²) >= 11 is 1.97. The van der Waals surface area contributed by atoms with E-state index in [2.05, 4.69) is 16.9 Å². The van der Waals surface area contributed by atoms with Crippen molar-refractivity contribution in [3.63, 3.8) is 0 Å². The van der Waals surface area contributed by atoms with Crippen molar-refractivity contribution < 1.29 is 4.79 Å². The van der Waals surface area contributed by atoms with E-state index in [0.29, 0.717) is 18.6 Å². The van der Waals surface area contributed by atoms with Gasteiger partial charge in [0.2, 0.25) is 5.91 Å². The molecule has 0 heterocycles. The van der Waals surface area contributed by atoms with Crippen molar-refractivity contribution in [3.05, 3.63) is 0 Å². The van der Waals surface area contributed by atoms with Gasteiger partial charge in [0, 0.05) is 17.3 Å². The van der Waals surface area contributed by atoms with Crippen LogP contribution < -0.4 is 10.6 Å². The first-order valence-electron chi connectivity index (χ1n) is 7.33. The molecule has 0 radical (unpaired) electrons. The van der Waals surface area contributed by atoms with Gasteiger partial charge in [-0.3, -0.25) is 4.79 Å². The number of rotatable bonds is 5. The summed E-state index contributed by atoms with van der Waals surface area (Å²) < 4.78 is 0. The van der Waals surface area contributed by atoms with Crippen LogP contribution in [0.2, 0.25) is 0 Å². The van der Waals surface area contributed by atoms with Crippen molar-refractivity contribution in [1.29, 1.82) is 0 Å². The SMILES string of the molecule is CSC1CCC(NC(=O)CNC2CCCC2)CC1. The lowest BCUT2D eigenvalue weighted by Gasteiger charge is -2.28. The maximum atomic E-state index is 11.8. The van der Waals surface area contributed by atoms with Crippen molar-refractivity contribution in [2.45, 2.75) is 68.7 Å². The predicted molar refractivity (Wildman–Crippen MR) is 78.0 cm³/mol. The van der Waals surface area contributed by atoms with Crippen LogP contribution in [0, 0.1) is 0 Å². The first-order chi connectivity index (χ1) is 8.78. The van der Waals surface area contributed by atoms with Gasteiger partial charge in [0.25, 0.3) is 0 Å². The highest BCUT2D eigenvalue weighted by molar-refractivity contribution is 7.99. The molecule has 2 aliphatic rings. The largest absolute Gasteiger partial charge is 0.352 e. The molecule has 2 fully saturated rings. The molecule has 18 heavy (non-hydrogen) atoms. The standard InChI is InChI=1S/C14H26N2OS/c1-18-13-8-6-12(7-9-13)16-14(17)10-15-11-4-2-3-5-11/h11-13,15H,2-10H2,1H3,(H,16,17). The molecule has 0 aromatic rings. The number of hydrogen-bond donors (Lipinski definition) is 2. The molecule has 2 saturated carbocycles. The maximum absolute atomic E-state index is 11.8. The number of carbonyl (C=O) groups is 1. The Morgan fingerprint density at radius 1 is 1.06 bits per heavy atom. The second-order valence-corrected chi connectivity index (χ2v) is 6.78. The van der Waals surface area contributed by atoms with Crippen molar-refractivity contribution in [2.24, 2.45) is 0 Å². The summed E-state index contributed by atoms with van der Waals surface area (Å²) in [5, 5.41) is 7.37. The maximum Gasteiger partial charge on any atom is 0.234 e. The van der Waals surface area contributed by atoms with E-state index in [4.69, 9.17) is 0 Å². The molecule has 2 rings (SSSR count). The molecule has 3 nitrogen and oxygen atoms in total.